The van der Waals surface area contributed by atoms with E-state index in [4.69, 9.17) is 4.74 Å². The highest BCUT2D eigenvalue weighted by Crippen LogP contribution is 2.23. The molecule has 0 bridgehead atoms. The Morgan fingerprint density at radius 1 is 1.07 bits per heavy atom. The number of benzene rings is 2. The summed E-state index contributed by atoms with van der Waals surface area (Å²) in [4.78, 5) is 15.0. The number of morpholine rings is 1. The number of amides is 1. The minimum atomic E-state index is -3.57. The van der Waals surface area contributed by atoms with Crippen molar-refractivity contribution in [3.8, 4) is 0 Å². The lowest BCUT2D eigenvalue weighted by molar-refractivity contribution is 0.102. The second-order valence-corrected chi connectivity index (χ2v) is 9.02. The molecule has 0 unspecified atom stereocenters. The standard InChI is InChI=1S/C20H25N3O4S/c1-15-4-9-18(28(25,26)22(2)3)14-19(15)21-20(24)16-5-7-17(8-6-16)23-10-12-27-13-11-23/h4-9,14H,10-13H2,1-3H3,(H,21,24). The van der Waals surface area contributed by atoms with Gasteiger partial charge in [-0.3, -0.25) is 4.79 Å². The predicted octanol–water partition coefficient (Wildman–Crippen LogP) is 2.33. The van der Waals surface area contributed by atoms with Gasteiger partial charge in [0.1, 0.15) is 0 Å². The van der Waals surface area contributed by atoms with Crippen molar-refractivity contribution in [1.82, 2.24) is 4.31 Å². The Morgan fingerprint density at radius 3 is 2.32 bits per heavy atom. The Labute approximate surface area is 166 Å². The van der Waals surface area contributed by atoms with Gasteiger partial charge < -0.3 is 15.0 Å². The van der Waals surface area contributed by atoms with Gasteiger partial charge >= 0.3 is 0 Å². The van der Waals surface area contributed by atoms with E-state index >= 15 is 0 Å². The molecule has 0 spiro atoms. The number of nitrogens with one attached hydrogen (secondary N) is 1. The summed E-state index contributed by atoms with van der Waals surface area (Å²) in [5.74, 6) is -0.281. The first-order valence-corrected chi connectivity index (χ1v) is 10.5. The van der Waals surface area contributed by atoms with Crippen LogP contribution in [0.2, 0.25) is 0 Å². The number of anilines is 2. The molecule has 1 aliphatic heterocycles. The van der Waals surface area contributed by atoms with Crippen LogP contribution in [0.15, 0.2) is 47.4 Å². The molecule has 0 atom stereocenters. The summed E-state index contributed by atoms with van der Waals surface area (Å²) in [5.41, 5.74) is 2.83. The van der Waals surface area contributed by atoms with Crippen LogP contribution in [-0.2, 0) is 14.8 Å². The molecule has 1 saturated heterocycles. The van der Waals surface area contributed by atoms with Crippen molar-refractivity contribution in [2.75, 3.05) is 50.6 Å². The number of carbonyl (C=O) groups excluding carboxylic acids is 1. The Kier molecular flexibility index (Phi) is 6.02. The number of aryl methyl sites for hydroxylation is 1. The monoisotopic (exact) mass is 403 g/mol. The van der Waals surface area contributed by atoms with Gasteiger partial charge in [0.05, 0.1) is 18.1 Å². The van der Waals surface area contributed by atoms with E-state index < -0.39 is 10.0 Å². The highest BCUT2D eigenvalue weighted by molar-refractivity contribution is 7.89. The minimum absolute atomic E-state index is 0.140. The number of ether oxygens (including phenoxy) is 1. The molecule has 2 aromatic carbocycles. The molecule has 2 aromatic rings. The molecule has 1 aliphatic rings. The first kappa shape index (κ1) is 20.3. The molecular weight excluding hydrogens is 378 g/mol. The van der Waals surface area contributed by atoms with Crippen molar-refractivity contribution in [1.29, 1.82) is 0 Å². The maximum atomic E-state index is 12.6. The number of hydrogen-bond acceptors (Lipinski definition) is 5. The van der Waals surface area contributed by atoms with Crippen molar-refractivity contribution in [3.63, 3.8) is 0 Å². The third kappa shape index (κ3) is 4.35. The van der Waals surface area contributed by atoms with Crippen LogP contribution < -0.4 is 10.2 Å². The lowest BCUT2D eigenvalue weighted by atomic mass is 10.1. The summed E-state index contributed by atoms with van der Waals surface area (Å²) in [6.45, 7) is 4.89. The number of nitrogens with zero attached hydrogens (tertiary/aromatic N) is 2. The van der Waals surface area contributed by atoms with E-state index in [-0.39, 0.29) is 10.8 Å². The highest BCUT2D eigenvalue weighted by atomic mass is 32.2. The second-order valence-electron chi connectivity index (χ2n) is 6.86. The van der Waals surface area contributed by atoms with Crippen LogP contribution >= 0.6 is 0 Å². The molecule has 3 rings (SSSR count). The summed E-state index contributed by atoms with van der Waals surface area (Å²) in [5, 5.41) is 2.82. The molecular formula is C20H25N3O4S. The van der Waals surface area contributed by atoms with Crippen LogP contribution in [0.3, 0.4) is 0 Å². The Balaban J connectivity index is 1.77. The summed E-state index contributed by atoms with van der Waals surface area (Å²) in [6.07, 6.45) is 0. The zero-order valence-corrected chi connectivity index (χ0v) is 17.1. The molecule has 0 aliphatic carbocycles. The van der Waals surface area contributed by atoms with E-state index in [2.05, 4.69) is 10.2 Å². The van der Waals surface area contributed by atoms with Gasteiger partial charge in [0, 0.05) is 44.1 Å². The van der Waals surface area contributed by atoms with E-state index in [1.54, 1.807) is 18.2 Å². The van der Waals surface area contributed by atoms with E-state index in [0.717, 1.165) is 28.6 Å². The lowest BCUT2D eigenvalue weighted by Crippen LogP contribution is -2.36. The summed E-state index contributed by atoms with van der Waals surface area (Å²) in [6, 6.07) is 12.1. The molecule has 1 heterocycles. The molecule has 150 valence electrons. The van der Waals surface area contributed by atoms with E-state index in [0.29, 0.717) is 24.5 Å². The topological polar surface area (TPSA) is 79.0 Å². The summed E-state index contributed by atoms with van der Waals surface area (Å²) < 4.78 is 31.2. The third-order valence-corrected chi connectivity index (χ3v) is 6.55. The van der Waals surface area contributed by atoms with Crippen LogP contribution in [0.25, 0.3) is 0 Å². The fourth-order valence-electron chi connectivity index (χ4n) is 2.95. The number of hydrogen-bond donors (Lipinski definition) is 1. The SMILES string of the molecule is Cc1ccc(S(=O)(=O)N(C)C)cc1NC(=O)c1ccc(N2CCOCC2)cc1. The van der Waals surface area contributed by atoms with Gasteiger partial charge in [-0.05, 0) is 48.9 Å². The molecule has 1 amide bonds. The van der Waals surface area contributed by atoms with E-state index in [9.17, 15) is 13.2 Å². The first-order valence-electron chi connectivity index (χ1n) is 9.06. The van der Waals surface area contributed by atoms with Gasteiger partial charge in [-0.15, -0.1) is 0 Å². The highest BCUT2D eigenvalue weighted by Gasteiger charge is 2.19. The zero-order valence-electron chi connectivity index (χ0n) is 16.3. The van der Waals surface area contributed by atoms with Gasteiger partial charge in [0.15, 0.2) is 0 Å². The Morgan fingerprint density at radius 2 is 1.71 bits per heavy atom. The number of sulfonamides is 1. The van der Waals surface area contributed by atoms with Crippen molar-refractivity contribution >= 4 is 27.3 Å². The summed E-state index contributed by atoms with van der Waals surface area (Å²) >= 11 is 0. The summed E-state index contributed by atoms with van der Waals surface area (Å²) in [7, 11) is -0.617. The average Bonchev–Trinajstić information content (AvgIpc) is 2.70. The van der Waals surface area contributed by atoms with Gasteiger partial charge in [-0.25, -0.2) is 12.7 Å². The van der Waals surface area contributed by atoms with Crippen molar-refractivity contribution < 1.29 is 17.9 Å². The van der Waals surface area contributed by atoms with Crippen LogP contribution in [0.4, 0.5) is 11.4 Å². The third-order valence-electron chi connectivity index (χ3n) is 4.74. The molecule has 0 aromatic heterocycles. The van der Waals surface area contributed by atoms with Crippen molar-refractivity contribution in [2.24, 2.45) is 0 Å². The fraction of sp³-hybridized carbons (Fsp3) is 0.350. The van der Waals surface area contributed by atoms with Crippen LogP contribution in [0, 0.1) is 6.92 Å². The molecule has 0 radical (unpaired) electrons. The van der Waals surface area contributed by atoms with Gasteiger partial charge in [-0.1, -0.05) is 6.07 Å². The van der Waals surface area contributed by atoms with Crippen LogP contribution in [0.1, 0.15) is 15.9 Å². The van der Waals surface area contributed by atoms with Crippen molar-refractivity contribution in [2.45, 2.75) is 11.8 Å². The molecule has 7 nitrogen and oxygen atoms in total. The zero-order chi connectivity index (χ0) is 20.3. The molecule has 0 saturated carbocycles. The van der Waals surface area contributed by atoms with E-state index in [1.165, 1.54) is 26.2 Å². The normalized spacial score (nSPS) is 14.9. The molecule has 1 fully saturated rings. The smallest absolute Gasteiger partial charge is 0.255 e. The maximum absolute atomic E-state index is 12.6. The van der Waals surface area contributed by atoms with Gasteiger partial charge in [0.25, 0.3) is 5.91 Å². The molecule has 28 heavy (non-hydrogen) atoms. The Bertz CT molecular complexity index is 950. The quantitative estimate of drug-likeness (QED) is 0.829. The number of carbonyl (C=O) groups is 1. The van der Waals surface area contributed by atoms with Crippen LogP contribution in [0.5, 0.6) is 0 Å². The van der Waals surface area contributed by atoms with Gasteiger partial charge in [0.2, 0.25) is 10.0 Å². The van der Waals surface area contributed by atoms with Crippen molar-refractivity contribution in [3.05, 3.63) is 53.6 Å². The van der Waals surface area contributed by atoms with Gasteiger partial charge in [-0.2, -0.15) is 0 Å². The minimum Gasteiger partial charge on any atom is -0.378 e. The maximum Gasteiger partial charge on any atom is 0.255 e. The second kappa shape index (κ2) is 8.30. The molecule has 1 N–H and O–H groups in total. The van der Waals surface area contributed by atoms with Crippen LogP contribution in [-0.4, -0.2) is 59.0 Å². The number of rotatable bonds is 5. The first-order chi connectivity index (χ1) is 13.3. The molecule has 8 heteroatoms. The lowest BCUT2D eigenvalue weighted by Gasteiger charge is -2.28. The largest absolute Gasteiger partial charge is 0.378 e. The van der Waals surface area contributed by atoms with E-state index in [1.807, 2.05) is 19.1 Å². The average molecular weight is 404 g/mol. The fourth-order valence-corrected chi connectivity index (χ4v) is 3.88. The Hall–Kier alpha value is -2.42. The predicted molar refractivity (Wildman–Crippen MR) is 109 cm³/mol.